The quantitative estimate of drug-likeness (QED) is 0.536. The highest BCUT2D eigenvalue weighted by molar-refractivity contribution is 7.26. The molecular weight excluding hydrogens is 430 g/mol. The Kier molecular flexibility index (Phi) is 4.95. The summed E-state index contributed by atoms with van der Waals surface area (Å²) >= 11 is 1.61. The number of carbonyl (C=O) groups is 1. The van der Waals surface area contributed by atoms with Gasteiger partial charge in [-0.3, -0.25) is 9.59 Å². The number of amides is 1. The van der Waals surface area contributed by atoms with Crippen LogP contribution in [0.3, 0.4) is 0 Å². The number of hydrogen-bond donors (Lipinski definition) is 1. The summed E-state index contributed by atoms with van der Waals surface area (Å²) in [6.45, 7) is 6.12. The summed E-state index contributed by atoms with van der Waals surface area (Å²) in [5.41, 5.74) is 0.897. The first kappa shape index (κ1) is 21.3. The van der Waals surface area contributed by atoms with Crippen LogP contribution in [0.2, 0.25) is 0 Å². The zero-order valence-corrected chi connectivity index (χ0v) is 20.6. The fourth-order valence-corrected chi connectivity index (χ4v) is 8.87. The van der Waals surface area contributed by atoms with Gasteiger partial charge in [0.1, 0.15) is 6.04 Å². The van der Waals surface area contributed by atoms with Gasteiger partial charge in [-0.05, 0) is 88.0 Å². The first-order valence-corrected chi connectivity index (χ1v) is 13.4. The topological polar surface area (TPSA) is 64.0 Å². The predicted octanol–water partition coefficient (Wildman–Crippen LogP) is 5.59. The molecule has 3 aromatic rings. The van der Waals surface area contributed by atoms with Crippen LogP contribution in [0.1, 0.15) is 70.5 Å². The maximum absolute atomic E-state index is 13.6. The molecule has 174 valence electrons. The third-order valence-electron chi connectivity index (χ3n) is 8.95. The number of hydrogen-bond acceptors (Lipinski definition) is 4. The summed E-state index contributed by atoms with van der Waals surface area (Å²) in [6, 6.07) is 7.54. The van der Waals surface area contributed by atoms with E-state index < -0.39 is 6.04 Å². The van der Waals surface area contributed by atoms with Crippen LogP contribution in [0.4, 0.5) is 0 Å². The number of benzene rings is 1. The average Bonchev–Trinajstić information content (AvgIpc) is 3.17. The van der Waals surface area contributed by atoms with Crippen molar-refractivity contribution in [3.05, 3.63) is 40.3 Å². The lowest BCUT2D eigenvalue weighted by atomic mass is 9.48. The number of rotatable bonds is 5. The molecule has 4 saturated carbocycles. The molecule has 4 aliphatic rings. The standard InChI is InChI=1S/C27H33N3O2S/c1-4-21(25(31)28-16(3)27-12-17-9-18(13-27)11-19(10-17)14-27)30-26(32)23-20-7-5-6-8-22(20)33-24(23)15(2)29-30/h5-8,16-19,21H,4,9-14H2,1-3H3,(H,28,31)/t16-,17?,18?,19?,21-,27?/m1/s1. The van der Waals surface area contributed by atoms with Crippen molar-refractivity contribution in [2.24, 2.45) is 23.2 Å². The van der Waals surface area contributed by atoms with Gasteiger partial charge >= 0.3 is 0 Å². The van der Waals surface area contributed by atoms with Crippen LogP contribution >= 0.6 is 11.3 Å². The molecule has 0 saturated heterocycles. The van der Waals surface area contributed by atoms with Crippen molar-refractivity contribution in [3.8, 4) is 0 Å². The SMILES string of the molecule is CC[C@H](C(=O)N[C@H](C)C12CC3CC(CC(C3)C1)C2)n1nc(C)c2sc3ccccc3c2c1=O. The van der Waals surface area contributed by atoms with E-state index in [1.807, 2.05) is 38.1 Å². The van der Waals surface area contributed by atoms with Crippen molar-refractivity contribution < 1.29 is 4.79 Å². The van der Waals surface area contributed by atoms with Crippen LogP contribution in [-0.4, -0.2) is 21.7 Å². The van der Waals surface area contributed by atoms with Crippen molar-refractivity contribution in [3.63, 3.8) is 0 Å². The van der Waals surface area contributed by atoms with Crippen LogP contribution < -0.4 is 10.9 Å². The van der Waals surface area contributed by atoms with E-state index in [0.717, 1.165) is 38.2 Å². The van der Waals surface area contributed by atoms with Gasteiger partial charge in [-0.2, -0.15) is 5.10 Å². The second kappa shape index (κ2) is 7.66. The Morgan fingerprint density at radius 1 is 1.18 bits per heavy atom. The molecule has 6 heteroatoms. The minimum Gasteiger partial charge on any atom is -0.351 e. The third kappa shape index (κ3) is 3.28. The molecule has 4 aliphatic carbocycles. The van der Waals surface area contributed by atoms with E-state index in [2.05, 4.69) is 17.3 Å². The van der Waals surface area contributed by atoms with Crippen molar-refractivity contribution in [1.82, 2.24) is 15.1 Å². The summed E-state index contributed by atoms with van der Waals surface area (Å²) in [7, 11) is 0. The molecule has 7 rings (SSSR count). The van der Waals surface area contributed by atoms with E-state index in [4.69, 9.17) is 0 Å². The highest BCUT2D eigenvalue weighted by Gasteiger charge is 2.53. The molecule has 1 aromatic carbocycles. The Morgan fingerprint density at radius 3 is 2.45 bits per heavy atom. The van der Waals surface area contributed by atoms with E-state index in [1.54, 1.807) is 11.3 Å². The largest absolute Gasteiger partial charge is 0.351 e. The van der Waals surface area contributed by atoms with Gasteiger partial charge in [0.2, 0.25) is 5.91 Å². The van der Waals surface area contributed by atoms with Crippen molar-refractivity contribution in [2.45, 2.75) is 77.8 Å². The molecule has 0 aliphatic heterocycles. The molecule has 2 atom stereocenters. The van der Waals surface area contributed by atoms with Crippen molar-refractivity contribution in [1.29, 1.82) is 0 Å². The Morgan fingerprint density at radius 2 is 1.82 bits per heavy atom. The molecule has 2 aromatic heterocycles. The Balaban J connectivity index is 1.33. The van der Waals surface area contributed by atoms with Crippen LogP contribution in [0, 0.1) is 30.1 Å². The van der Waals surface area contributed by atoms with E-state index >= 15 is 0 Å². The number of nitrogens with zero attached hydrogens (tertiary/aromatic N) is 2. The lowest BCUT2D eigenvalue weighted by Gasteiger charge is -2.59. The van der Waals surface area contributed by atoms with Crippen LogP contribution in [0.5, 0.6) is 0 Å². The number of fused-ring (bicyclic) bond motifs is 3. The first-order chi connectivity index (χ1) is 15.9. The molecular formula is C27H33N3O2S. The minimum atomic E-state index is -0.587. The number of carbonyl (C=O) groups excluding carboxylic acids is 1. The van der Waals surface area contributed by atoms with E-state index in [9.17, 15) is 9.59 Å². The van der Waals surface area contributed by atoms with Gasteiger partial charge in [0, 0.05) is 16.1 Å². The zero-order chi connectivity index (χ0) is 22.9. The van der Waals surface area contributed by atoms with Gasteiger partial charge in [-0.25, -0.2) is 4.68 Å². The number of nitrogens with one attached hydrogen (secondary N) is 1. The van der Waals surface area contributed by atoms with Gasteiger partial charge in [-0.1, -0.05) is 25.1 Å². The van der Waals surface area contributed by atoms with Crippen molar-refractivity contribution >= 4 is 37.4 Å². The summed E-state index contributed by atoms with van der Waals surface area (Å²) in [5.74, 6) is 2.48. The van der Waals surface area contributed by atoms with E-state index in [-0.39, 0.29) is 22.9 Å². The molecule has 4 bridgehead atoms. The lowest BCUT2D eigenvalue weighted by molar-refractivity contribution is -0.129. The molecule has 0 unspecified atom stereocenters. The maximum Gasteiger partial charge on any atom is 0.276 e. The Labute approximate surface area is 198 Å². The van der Waals surface area contributed by atoms with Crippen LogP contribution in [0.15, 0.2) is 29.1 Å². The van der Waals surface area contributed by atoms with E-state index in [1.165, 1.54) is 43.2 Å². The van der Waals surface area contributed by atoms with Crippen LogP contribution in [0.25, 0.3) is 20.2 Å². The number of thiophene rings is 1. The molecule has 0 spiro atoms. The molecule has 5 nitrogen and oxygen atoms in total. The normalized spacial score (nSPS) is 30.1. The Bertz CT molecular complexity index is 1270. The summed E-state index contributed by atoms with van der Waals surface area (Å²) < 4.78 is 3.47. The number of aryl methyl sites for hydroxylation is 1. The second-order valence-electron chi connectivity index (χ2n) is 11.1. The highest BCUT2D eigenvalue weighted by atomic mass is 32.1. The maximum atomic E-state index is 13.6. The zero-order valence-electron chi connectivity index (χ0n) is 19.8. The molecule has 0 radical (unpaired) electrons. The molecule has 4 fully saturated rings. The van der Waals surface area contributed by atoms with Crippen molar-refractivity contribution in [2.75, 3.05) is 0 Å². The minimum absolute atomic E-state index is 0.0615. The highest BCUT2D eigenvalue weighted by Crippen LogP contribution is 2.61. The summed E-state index contributed by atoms with van der Waals surface area (Å²) in [4.78, 5) is 27.2. The van der Waals surface area contributed by atoms with E-state index in [0.29, 0.717) is 11.8 Å². The predicted molar refractivity (Wildman–Crippen MR) is 134 cm³/mol. The van der Waals surface area contributed by atoms with Gasteiger partial charge in [-0.15, -0.1) is 11.3 Å². The molecule has 1 amide bonds. The third-order valence-corrected chi connectivity index (χ3v) is 10.2. The molecule has 33 heavy (non-hydrogen) atoms. The number of aromatic nitrogens is 2. The van der Waals surface area contributed by atoms with Gasteiger partial charge in [0.15, 0.2) is 0 Å². The monoisotopic (exact) mass is 463 g/mol. The van der Waals surface area contributed by atoms with Crippen LogP contribution in [-0.2, 0) is 4.79 Å². The lowest BCUT2D eigenvalue weighted by Crippen LogP contribution is -2.56. The smallest absolute Gasteiger partial charge is 0.276 e. The van der Waals surface area contributed by atoms with Gasteiger partial charge < -0.3 is 5.32 Å². The molecule has 2 heterocycles. The van der Waals surface area contributed by atoms with Gasteiger partial charge in [0.05, 0.1) is 15.8 Å². The average molecular weight is 464 g/mol. The van der Waals surface area contributed by atoms with Gasteiger partial charge in [0.25, 0.3) is 5.56 Å². The Hall–Kier alpha value is -2.21. The fourth-order valence-electron chi connectivity index (χ4n) is 7.73. The summed E-state index contributed by atoms with van der Waals surface area (Å²) in [6.07, 6.45) is 8.48. The first-order valence-electron chi connectivity index (χ1n) is 12.6. The second-order valence-corrected chi connectivity index (χ2v) is 12.1. The summed E-state index contributed by atoms with van der Waals surface area (Å²) in [5, 5.41) is 9.67. The fraction of sp³-hybridized carbons (Fsp3) is 0.593. The molecule has 1 N–H and O–H groups in total.